The van der Waals surface area contributed by atoms with Gasteiger partial charge in [0.1, 0.15) is 0 Å². The van der Waals surface area contributed by atoms with E-state index in [1.165, 1.54) is 19.3 Å². The molecule has 0 aliphatic carbocycles. The average Bonchev–Trinajstić information content (AvgIpc) is 2.99. The third-order valence-corrected chi connectivity index (χ3v) is 4.81. The number of aliphatic hydroxyl groups excluding tert-OH is 1. The molecule has 1 aromatic rings. The lowest BCUT2D eigenvalue weighted by Gasteiger charge is -2.40. The van der Waals surface area contributed by atoms with Crippen molar-refractivity contribution in [3.8, 4) is 11.5 Å². The summed E-state index contributed by atoms with van der Waals surface area (Å²) >= 11 is 0. The zero-order valence-corrected chi connectivity index (χ0v) is 14.0. The van der Waals surface area contributed by atoms with E-state index < -0.39 is 6.10 Å². The molecule has 0 spiro atoms. The van der Waals surface area contributed by atoms with Crippen LogP contribution in [0.5, 0.6) is 11.5 Å². The Hall–Kier alpha value is -1.30. The van der Waals surface area contributed by atoms with E-state index in [-0.39, 0.29) is 6.79 Å². The summed E-state index contributed by atoms with van der Waals surface area (Å²) in [5.41, 5.74) is 1.03. The fourth-order valence-electron chi connectivity index (χ4n) is 3.47. The second-order valence-electron chi connectivity index (χ2n) is 6.68. The highest BCUT2D eigenvalue weighted by Gasteiger charge is 2.26. The number of rotatable bonds is 6. The first-order valence-corrected chi connectivity index (χ1v) is 8.53. The molecule has 3 atom stereocenters. The van der Waals surface area contributed by atoms with Gasteiger partial charge in [0.15, 0.2) is 11.5 Å². The van der Waals surface area contributed by atoms with E-state index in [1.54, 1.807) is 0 Å². The normalized spacial score (nSPS) is 25.5. The number of aliphatic hydroxyl groups is 1. The summed E-state index contributed by atoms with van der Waals surface area (Å²) in [5.74, 6) is 1.55. The molecule has 5 heteroatoms. The van der Waals surface area contributed by atoms with Crippen molar-refractivity contribution < 1.29 is 19.3 Å². The Bertz CT molecular complexity index is 512. The van der Waals surface area contributed by atoms with Crippen LogP contribution in [0.25, 0.3) is 0 Å². The molecule has 1 aromatic carbocycles. The number of likely N-dealkylation sites (tertiary alicyclic amines) is 1. The summed E-state index contributed by atoms with van der Waals surface area (Å²) in [4.78, 5) is 2.40. The molecule has 0 amide bonds. The van der Waals surface area contributed by atoms with Crippen molar-refractivity contribution in [3.05, 3.63) is 23.8 Å². The zero-order chi connectivity index (χ0) is 16.2. The van der Waals surface area contributed by atoms with Crippen molar-refractivity contribution in [2.24, 2.45) is 0 Å². The summed E-state index contributed by atoms with van der Waals surface area (Å²) in [6.07, 6.45) is 3.27. The molecule has 1 saturated heterocycles. The number of hydrogen-bond acceptors (Lipinski definition) is 5. The molecule has 0 aromatic heterocycles. The minimum absolute atomic E-state index is 0.282. The summed E-state index contributed by atoms with van der Waals surface area (Å²) in [7, 11) is 0. The predicted molar refractivity (Wildman–Crippen MR) is 87.7 cm³/mol. The van der Waals surface area contributed by atoms with Crippen molar-refractivity contribution in [1.29, 1.82) is 0 Å². The van der Waals surface area contributed by atoms with Gasteiger partial charge in [-0.25, -0.2) is 0 Å². The maximum absolute atomic E-state index is 10.3. The standard InChI is InChI=1S/C18H27NO4/c1-13-4-3-5-14(2)19(13)9-16(20)11-21-10-15-6-7-17-18(8-15)23-12-22-17/h6-8,13-14,16,20H,3-5,9-12H2,1-2H3/t13-,14+,16-/m1/s1. The van der Waals surface area contributed by atoms with Gasteiger partial charge in [-0.15, -0.1) is 0 Å². The molecular weight excluding hydrogens is 294 g/mol. The molecule has 0 radical (unpaired) electrons. The van der Waals surface area contributed by atoms with Crippen molar-refractivity contribution in [1.82, 2.24) is 4.90 Å². The van der Waals surface area contributed by atoms with E-state index in [1.807, 2.05) is 18.2 Å². The highest BCUT2D eigenvalue weighted by molar-refractivity contribution is 5.44. The molecule has 0 unspecified atom stereocenters. The van der Waals surface area contributed by atoms with E-state index in [9.17, 15) is 5.11 Å². The van der Waals surface area contributed by atoms with Gasteiger partial charge >= 0.3 is 0 Å². The third kappa shape index (κ3) is 4.16. The number of benzene rings is 1. The van der Waals surface area contributed by atoms with Gasteiger partial charge in [-0.3, -0.25) is 4.90 Å². The van der Waals surface area contributed by atoms with Gasteiger partial charge < -0.3 is 19.3 Å². The van der Waals surface area contributed by atoms with Crippen molar-refractivity contribution in [3.63, 3.8) is 0 Å². The summed E-state index contributed by atoms with van der Waals surface area (Å²) in [6, 6.07) is 6.89. The van der Waals surface area contributed by atoms with Gasteiger partial charge in [0.05, 0.1) is 19.3 Å². The van der Waals surface area contributed by atoms with Crippen LogP contribution >= 0.6 is 0 Å². The number of fused-ring (bicyclic) bond motifs is 1. The number of piperidine rings is 1. The minimum atomic E-state index is -0.452. The second kappa shape index (κ2) is 7.51. The molecule has 2 aliphatic heterocycles. The SMILES string of the molecule is C[C@@H]1CCC[C@H](C)N1C[C@@H](O)COCc1ccc2c(c1)OCO2. The van der Waals surface area contributed by atoms with Crippen molar-refractivity contribution in [2.45, 2.75) is 57.9 Å². The Morgan fingerprint density at radius 2 is 1.96 bits per heavy atom. The van der Waals surface area contributed by atoms with E-state index in [4.69, 9.17) is 14.2 Å². The van der Waals surface area contributed by atoms with Gasteiger partial charge in [-0.05, 0) is 44.4 Å². The molecule has 1 N–H and O–H groups in total. The molecule has 2 aliphatic rings. The minimum Gasteiger partial charge on any atom is -0.454 e. The van der Waals surface area contributed by atoms with Crippen LogP contribution in [0.2, 0.25) is 0 Å². The fraction of sp³-hybridized carbons (Fsp3) is 0.667. The monoisotopic (exact) mass is 321 g/mol. The number of hydrogen-bond donors (Lipinski definition) is 1. The van der Waals surface area contributed by atoms with E-state index in [2.05, 4.69) is 18.7 Å². The van der Waals surface area contributed by atoms with Crippen LogP contribution in [0.15, 0.2) is 18.2 Å². The highest BCUT2D eigenvalue weighted by atomic mass is 16.7. The van der Waals surface area contributed by atoms with Gasteiger partial charge in [-0.1, -0.05) is 12.5 Å². The van der Waals surface area contributed by atoms with Crippen LogP contribution in [-0.4, -0.2) is 48.1 Å². The molecule has 5 nitrogen and oxygen atoms in total. The first kappa shape index (κ1) is 16.6. The smallest absolute Gasteiger partial charge is 0.231 e. The topological polar surface area (TPSA) is 51.2 Å². The Morgan fingerprint density at radius 3 is 2.74 bits per heavy atom. The maximum atomic E-state index is 10.3. The van der Waals surface area contributed by atoms with E-state index >= 15 is 0 Å². The second-order valence-corrected chi connectivity index (χ2v) is 6.68. The van der Waals surface area contributed by atoms with Gasteiger partial charge in [0.25, 0.3) is 0 Å². The molecule has 1 fully saturated rings. The van der Waals surface area contributed by atoms with E-state index in [0.29, 0.717) is 31.8 Å². The third-order valence-electron chi connectivity index (χ3n) is 4.81. The summed E-state index contributed by atoms with van der Waals surface area (Å²) < 4.78 is 16.3. The number of ether oxygens (including phenoxy) is 3. The predicted octanol–water partition coefficient (Wildman–Crippen LogP) is 2.56. The molecule has 3 rings (SSSR count). The lowest BCUT2D eigenvalue weighted by molar-refractivity contribution is -0.0135. The molecule has 2 heterocycles. The van der Waals surface area contributed by atoms with E-state index in [0.717, 1.165) is 17.1 Å². The van der Waals surface area contributed by atoms with Gasteiger partial charge in [0.2, 0.25) is 6.79 Å². The molecule has 0 bridgehead atoms. The van der Waals surface area contributed by atoms with Gasteiger partial charge in [-0.2, -0.15) is 0 Å². The molecule has 0 saturated carbocycles. The van der Waals surface area contributed by atoms with Gasteiger partial charge in [0, 0.05) is 18.6 Å². The largest absolute Gasteiger partial charge is 0.454 e. The first-order valence-electron chi connectivity index (χ1n) is 8.53. The molecule has 23 heavy (non-hydrogen) atoms. The van der Waals surface area contributed by atoms with Crippen LogP contribution in [-0.2, 0) is 11.3 Å². The number of β-amino-alcohol motifs (C(OH)–C–C–N with tert-alkyl or cyclic N) is 1. The van der Waals surface area contributed by atoms with Crippen molar-refractivity contribution in [2.75, 3.05) is 19.9 Å². The van der Waals surface area contributed by atoms with Crippen LogP contribution < -0.4 is 9.47 Å². The van der Waals surface area contributed by atoms with Crippen molar-refractivity contribution >= 4 is 0 Å². The molecule has 128 valence electrons. The first-order chi connectivity index (χ1) is 11.1. The fourth-order valence-corrected chi connectivity index (χ4v) is 3.47. The highest BCUT2D eigenvalue weighted by Crippen LogP contribution is 2.32. The summed E-state index contributed by atoms with van der Waals surface area (Å²) in [5, 5.41) is 10.3. The van der Waals surface area contributed by atoms with Crippen LogP contribution in [0.4, 0.5) is 0 Å². The Balaban J connectivity index is 1.43. The quantitative estimate of drug-likeness (QED) is 0.873. The lowest BCUT2D eigenvalue weighted by atomic mass is 9.97. The van der Waals surface area contributed by atoms with Crippen LogP contribution in [0.3, 0.4) is 0 Å². The Kier molecular flexibility index (Phi) is 5.41. The maximum Gasteiger partial charge on any atom is 0.231 e. The lowest BCUT2D eigenvalue weighted by Crippen LogP contribution is -2.48. The van der Waals surface area contributed by atoms with Crippen LogP contribution in [0.1, 0.15) is 38.7 Å². The summed E-state index contributed by atoms with van der Waals surface area (Å²) in [6.45, 7) is 6.28. The zero-order valence-electron chi connectivity index (χ0n) is 14.0. The number of nitrogens with zero attached hydrogens (tertiary/aromatic N) is 1. The average molecular weight is 321 g/mol. The Morgan fingerprint density at radius 1 is 1.22 bits per heavy atom. The Labute approximate surface area is 138 Å². The molecular formula is C18H27NO4. The van der Waals surface area contributed by atoms with Crippen LogP contribution in [0, 0.1) is 0 Å².